The minimum Gasteiger partial charge on any atom is -0.465 e. The second-order valence-electron chi connectivity index (χ2n) is 23.7. The molecular formula is C62H74FN8O11PS. The number of halogens is 1. The molecule has 2 aromatic heterocycles. The van der Waals surface area contributed by atoms with Gasteiger partial charge in [0.05, 0.1) is 35.7 Å². The van der Waals surface area contributed by atoms with Crippen LogP contribution >= 0.6 is 18.9 Å². The van der Waals surface area contributed by atoms with Crippen molar-refractivity contribution in [3.8, 4) is 5.75 Å². The van der Waals surface area contributed by atoms with Crippen LogP contribution in [-0.4, -0.2) is 123 Å². The molecule has 5 amide bonds. The fourth-order valence-corrected chi connectivity index (χ4v) is 15.2. The number of hydrogen-bond acceptors (Lipinski definition) is 13. The number of nitrogens with one attached hydrogen (secondary N) is 3. The number of morpholine rings is 1. The Balaban J connectivity index is 0.847. The van der Waals surface area contributed by atoms with Crippen molar-refractivity contribution in [3.05, 3.63) is 135 Å². The standard InChI is InChI=1S/C62H74FN8O11PS/c1-7-80-60(77)38(2)66-83(79,82-45-16-12-9-13-17-45)55(63)43-19-22-50-44(34-43)35-51(84-50)57(74)65-54(62(3,4)5)59(76)70-29-26-42(53(70)58(75)69-30-31-81-49(37-69)41-14-10-8-11-15-41)32-39-24-27-68(28-25-39)36-40-18-20-46-48(33-40)67(6)61(78)71(46)47-21-23-52(72)64-56(47)73/h8-20,22,33-35,38-39,42,47,49,53-55H,7,21,23-32,36-37H2,1-6H3,(H,65,74)(H,66,79)(H,64,72,73)/t38-,42-,47?,49-,53-,54+,55+,83?/m0/s1. The molecule has 0 spiro atoms. The van der Waals surface area contributed by atoms with E-state index in [0.717, 1.165) is 54.8 Å². The number of aryl methyl sites for hydroxylation is 1. The number of alkyl halides is 1. The Morgan fingerprint density at radius 2 is 1.61 bits per heavy atom. The van der Waals surface area contributed by atoms with Crippen molar-refractivity contribution in [2.75, 3.05) is 45.9 Å². The van der Waals surface area contributed by atoms with Gasteiger partial charge in [0, 0.05) is 37.8 Å². The van der Waals surface area contributed by atoms with Crippen LogP contribution in [0.2, 0.25) is 0 Å². The molecular weight excluding hydrogens is 1110 g/mol. The zero-order valence-electron chi connectivity index (χ0n) is 48.3. The lowest BCUT2D eigenvalue weighted by Crippen LogP contribution is -2.59. The van der Waals surface area contributed by atoms with Crippen LogP contribution in [0.15, 0.2) is 108 Å². The van der Waals surface area contributed by atoms with E-state index < -0.39 is 60.8 Å². The second-order valence-corrected chi connectivity index (χ2v) is 26.8. The van der Waals surface area contributed by atoms with Crippen LogP contribution in [0.1, 0.15) is 118 Å². The topological polar surface area (TPSA) is 220 Å². The fraction of sp³-hybridized carbons (Fsp3) is 0.468. The highest BCUT2D eigenvalue weighted by Gasteiger charge is 2.49. The van der Waals surface area contributed by atoms with Gasteiger partial charge in [-0.1, -0.05) is 81.4 Å². The van der Waals surface area contributed by atoms with Crippen LogP contribution < -0.4 is 25.9 Å². The van der Waals surface area contributed by atoms with Crippen LogP contribution in [0.4, 0.5) is 4.39 Å². The molecule has 0 aliphatic carbocycles. The van der Waals surface area contributed by atoms with E-state index in [1.165, 1.54) is 35.8 Å². The summed E-state index contributed by atoms with van der Waals surface area (Å²) in [6.45, 7) is 12.4. The number of benzene rings is 4. The number of ether oxygens (including phenoxy) is 2. The number of likely N-dealkylation sites (tertiary alicyclic amines) is 2. The number of esters is 1. The normalized spacial score (nSPS) is 21.8. The highest BCUT2D eigenvalue weighted by molar-refractivity contribution is 7.57. The maximum Gasteiger partial charge on any atom is 0.355 e. The molecule has 0 saturated carbocycles. The van der Waals surface area contributed by atoms with Crippen molar-refractivity contribution in [2.45, 2.75) is 116 Å². The van der Waals surface area contributed by atoms with Gasteiger partial charge in [-0.15, -0.1) is 11.3 Å². The minimum absolute atomic E-state index is 0.0105. The second kappa shape index (κ2) is 25.3. The maximum atomic E-state index is 16.8. The van der Waals surface area contributed by atoms with Crippen LogP contribution in [0, 0.1) is 17.3 Å². The number of imidazole rings is 1. The SMILES string of the molecule is CCOC(=O)[C@H](C)NP(=O)(Oc1ccccc1)[C@@H](F)c1ccc2sc(C(=O)N[C@H](C(=O)N3CC[C@@H](CC4CCN(Cc5ccc6c(c5)n(C)c(=O)n6C5CCC(=O)NC5=O)CC4)[C@H]3C(=O)N3CCO[C@H](c4ccccc4)C3)C(C)(C)C)cc2c1. The van der Waals surface area contributed by atoms with Crippen molar-refractivity contribution in [3.63, 3.8) is 0 Å². The molecule has 0 bridgehead atoms. The fourth-order valence-electron chi connectivity index (χ4n) is 12.3. The summed E-state index contributed by atoms with van der Waals surface area (Å²) in [6, 6.07) is 26.2. The van der Waals surface area contributed by atoms with E-state index >= 15 is 14.0 Å². The average molecular weight is 1190 g/mol. The summed E-state index contributed by atoms with van der Waals surface area (Å²) in [7, 11) is -2.82. The molecule has 3 N–H and O–H groups in total. The van der Waals surface area contributed by atoms with E-state index in [-0.39, 0.29) is 77.0 Å². The van der Waals surface area contributed by atoms with Crippen LogP contribution in [-0.2, 0) is 51.6 Å². The molecule has 6 heterocycles. The number of rotatable bonds is 18. The number of imide groups is 1. The lowest BCUT2D eigenvalue weighted by molar-refractivity contribution is -0.152. The van der Waals surface area contributed by atoms with E-state index in [1.54, 1.807) is 53.8 Å². The first-order valence-electron chi connectivity index (χ1n) is 29.0. The molecule has 446 valence electrons. The van der Waals surface area contributed by atoms with Crippen molar-refractivity contribution in [2.24, 2.45) is 24.3 Å². The van der Waals surface area contributed by atoms with Crippen molar-refractivity contribution >= 4 is 75.5 Å². The van der Waals surface area contributed by atoms with Gasteiger partial charge in [0.25, 0.3) is 5.91 Å². The van der Waals surface area contributed by atoms with E-state index in [9.17, 15) is 28.5 Å². The maximum absolute atomic E-state index is 16.8. The number of carbonyl (C=O) groups excluding carboxylic acids is 6. The molecule has 4 aliphatic heterocycles. The summed E-state index contributed by atoms with van der Waals surface area (Å²) >= 11 is 1.16. The monoisotopic (exact) mass is 1190 g/mol. The van der Waals surface area contributed by atoms with Gasteiger partial charge in [0.1, 0.15) is 36.0 Å². The predicted molar refractivity (Wildman–Crippen MR) is 317 cm³/mol. The largest absolute Gasteiger partial charge is 0.465 e. The zero-order chi connectivity index (χ0) is 59.6. The molecule has 4 fully saturated rings. The Morgan fingerprint density at radius 3 is 2.31 bits per heavy atom. The summed E-state index contributed by atoms with van der Waals surface area (Å²) in [5.74, 6) is -4.56. The summed E-state index contributed by atoms with van der Waals surface area (Å²) in [5, 5.41) is 8.50. The summed E-state index contributed by atoms with van der Waals surface area (Å²) < 4.78 is 52.1. The predicted octanol–water partition coefficient (Wildman–Crippen LogP) is 8.58. The molecule has 4 saturated heterocycles. The third kappa shape index (κ3) is 13.0. The highest BCUT2D eigenvalue weighted by atomic mass is 32.1. The summed E-state index contributed by atoms with van der Waals surface area (Å²) in [6.07, 6.45) is 3.16. The smallest absolute Gasteiger partial charge is 0.355 e. The van der Waals surface area contributed by atoms with Crippen LogP contribution in [0.25, 0.3) is 21.1 Å². The third-order valence-electron chi connectivity index (χ3n) is 16.8. The van der Waals surface area contributed by atoms with E-state index in [0.29, 0.717) is 60.3 Å². The number of para-hydroxylation sites is 1. The van der Waals surface area contributed by atoms with Crippen molar-refractivity contribution < 1.29 is 51.7 Å². The van der Waals surface area contributed by atoms with Gasteiger partial charge in [-0.2, -0.15) is 0 Å². The van der Waals surface area contributed by atoms with Crippen molar-refractivity contribution in [1.82, 2.24) is 39.6 Å². The Bertz CT molecular complexity index is 3540. The van der Waals surface area contributed by atoms with Gasteiger partial charge in [-0.05, 0) is 141 Å². The van der Waals surface area contributed by atoms with Crippen LogP contribution in [0.3, 0.4) is 0 Å². The van der Waals surface area contributed by atoms with Gasteiger partial charge >= 0.3 is 19.2 Å². The summed E-state index contributed by atoms with van der Waals surface area (Å²) in [4.78, 5) is 102. The number of fused-ring (bicyclic) bond motifs is 2. The van der Waals surface area contributed by atoms with Gasteiger partial charge in [-0.3, -0.25) is 52.7 Å². The molecule has 22 heteroatoms. The highest BCUT2D eigenvalue weighted by Crippen LogP contribution is 2.58. The molecule has 2 unspecified atom stereocenters. The molecule has 4 aliphatic rings. The molecule has 8 atom stereocenters. The number of hydrogen-bond donors (Lipinski definition) is 3. The minimum atomic E-state index is -4.51. The number of amides is 5. The first-order valence-corrected chi connectivity index (χ1v) is 31.5. The van der Waals surface area contributed by atoms with Crippen molar-refractivity contribution in [1.29, 1.82) is 0 Å². The number of thiophene rings is 1. The van der Waals surface area contributed by atoms with E-state index in [4.69, 9.17) is 14.0 Å². The molecule has 84 heavy (non-hydrogen) atoms. The molecule has 0 radical (unpaired) electrons. The Labute approximate surface area is 491 Å². The Hall–Kier alpha value is -7.03. The van der Waals surface area contributed by atoms with E-state index in [2.05, 4.69) is 20.6 Å². The third-order valence-corrected chi connectivity index (χ3v) is 20.0. The quantitative estimate of drug-likeness (QED) is 0.0418. The number of piperidine rings is 2. The first-order chi connectivity index (χ1) is 40.2. The number of aromatic nitrogens is 2. The molecule has 6 aromatic rings. The van der Waals surface area contributed by atoms with Gasteiger partial charge in [-0.25, -0.2) is 14.3 Å². The lowest BCUT2D eigenvalue weighted by atomic mass is 9.82. The first kappa shape index (κ1) is 60.1. The summed E-state index contributed by atoms with van der Waals surface area (Å²) in [5.41, 5.74) is 2.19. The zero-order valence-corrected chi connectivity index (χ0v) is 50.0. The van der Waals surface area contributed by atoms with Gasteiger partial charge in [0.2, 0.25) is 29.5 Å². The van der Waals surface area contributed by atoms with Gasteiger partial charge in [0.15, 0.2) is 0 Å². The Kier molecular flexibility index (Phi) is 18.1. The van der Waals surface area contributed by atoms with Gasteiger partial charge < -0.3 is 29.1 Å². The van der Waals surface area contributed by atoms with E-state index in [1.807, 2.05) is 74.2 Å². The number of nitrogens with zero attached hydrogens (tertiary/aromatic N) is 5. The van der Waals surface area contributed by atoms with Crippen LogP contribution in [0.5, 0.6) is 5.75 Å². The Morgan fingerprint density at radius 1 is 0.881 bits per heavy atom. The molecule has 10 rings (SSSR count). The number of carbonyl (C=O) groups is 6. The average Bonchev–Trinajstić information content (AvgIpc) is 2.70. The molecule has 4 aromatic carbocycles. The lowest BCUT2D eigenvalue weighted by Gasteiger charge is -2.40. The molecule has 19 nitrogen and oxygen atoms in total.